The van der Waals surface area contributed by atoms with Gasteiger partial charge in [0.2, 0.25) is 6.67 Å². The molecule has 0 atom stereocenters. The molecule has 0 saturated carbocycles. The molecule has 0 aliphatic carbocycles. The van der Waals surface area contributed by atoms with Crippen molar-refractivity contribution in [2.75, 3.05) is 11.4 Å². The summed E-state index contributed by atoms with van der Waals surface area (Å²) in [6.07, 6.45) is 4.12. The van der Waals surface area contributed by atoms with Crippen molar-refractivity contribution < 1.29 is 0 Å². The average molecular weight is 214 g/mol. The van der Waals surface area contributed by atoms with E-state index in [1.807, 2.05) is 0 Å². The first-order valence-corrected chi connectivity index (χ1v) is 5.70. The Morgan fingerprint density at radius 3 is 2.19 bits per heavy atom. The van der Waals surface area contributed by atoms with E-state index in [1.54, 1.807) is 0 Å². The number of aryl methyl sites for hydroxylation is 3. The Bertz CT molecular complexity index is 398. The molecule has 0 saturated heterocycles. The van der Waals surface area contributed by atoms with Crippen LogP contribution in [-0.4, -0.2) is 11.4 Å². The summed E-state index contributed by atoms with van der Waals surface area (Å²) in [5.41, 5.74) is 5.16. The summed E-state index contributed by atoms with van der Waals surface area (Å²) in [7, 11) is 0. The van der Waals surface area contributed by atoms with Crippen LogP contribution in [0.5, 0.6) is 0 Å². The fraction of sp³-hybridized carbons (Fsp3) is 0.357. The molecule has 0 bridgehead atoms. The number of nitrogens with zero attached hydrogens (tertiary/aromatic N) is 2. The van der Waals surface area contributed by atoms with Gasteiger partial charge in [-0.25, -0.2) is 0 Å². The van der Waals surface area contributed by atoms with Gasteiger partial charge in [-0.1, -0.05) is 17.7 Å². The van der Waals surface area contributed by atoms with Crippen molar-refractivity contribution in [3.05, 3.63) is 47.9 Å². The third kappa shape index (κ3) is 1.92. The second-order valence-electron chi connectivity index (χ2n) is 4.30. The smallest absolute Gasteiger partial charge is 0.212 e. The van der Waals surface area contributed by atoms with Crippen LogP contribution >= 0.6 is 0 Å². The molecule has 84 valence electrons. The van der Waals surface area contributed by atoms with Crippen LogP contribution in [0.4, 0.5) is 5.69 Å². The van der Waals surface area contributed by atoms with E-state index >= 15 is 0 Å². The zero-order chi connectivity index (χ0) is 11.7. The van der Waals surface area contributed by atoms with Gasteiger partial charge < -0.3 is 9.80 Å². The first-order chi connectivity index (χ1) is 7.61. The molecule has 1 aromatic carbocycles. The van der Waals surface area contributed by atoms with Crippen LogP contribution in [0.3, 0.4) is 0 Å². The van der Waals surface area contributed by atoms with Crippen molar-refractivity contribution >= 4 is 5.69 Å². The maximum atomic E-state index is 3.31. The van der Waals surface area contributed by atoms with Gasteiger partial charge in [-0.2, -0.15) is 0 Å². The van der Waals surface area contributed by atoms with Crippen molar-refractivity contribution in [3.8, 4) is 0 Å². The number of hydrogen-bond acceptors (Lipinski definition) is 2. The van der Waals surface area contributed by atoms with Crippen LogP contribution in [0.2, 0.25) is 0 Å². The van der Waals surface area contributed by atoms with Crippen molar-refractivity contribution in [1.82, 2.24) is 4.90 Å². The van der Waals surface area contributed by atoms with Crippen molar-refractivity contribution in [2.24, 2.45) is 0 Å². The summed E-state index contributed by atoms with van der Waals surface area (Å²) in [6, 6.07) is 4.43. The maximum Gasteiger partial charge on any atom is 0.212 e. The fourth-order valence-electron chi connectivity index (χ4n) is 2.21. The number of hydrogen-bond donors (Lipinski definition) is 0. The molecule has 0 amide bonds. The van der Waals surface area contributed by atoms with Crippen LogP contribution in [0.1, 0.15) is 23.6 Å². The van der Waals surface area contributed by atoms with Crippen LogP contribution in [0.25, 0.3) is 0 Å². The van der Waals surface area contributed by atoms with Crippen LogP contribution < -0.4 is 4.90 Å². The average Bonchev–Trinajstić information content (AvgIpc) is 2.64. The Labute approximate surface area is 98.2 Å². The van der Waals surface area contributed by atoms with Crippen molar-refractivity contribution in [3.63, 3.8) is 0 Å². The molecule has 2 heteroatoms. The second-order valence-corrected chi connectivity index (χ2v) is 4.30. The highest BCUT2D eigenvalue weighted by atomic mass is 15.3. The number of anilines is 1. The van der Waals surface area contributed by atoms with E-state index in [1.165, 1.54) is 22.4 Å². The largest absolute Gasteiger partial charge is 0.346 e. The highest BCUT2D eigenvalue weighted by molar-refractivity contribution is 5.63. The number of rotatable bonds is 2. The second kappa shape index (κ2) is 4.20. The third-order valence-corrected chi connectivity index (χ3v) is 2.85. The summed E-state index contributed by atoms with van der Waals surface area (Å²) >= 11 is 0. The van der Waals surface area contributed by atoms with Crippen LogP contribution in [0.15, 0.2) is 24.5 Å². The van der Waals surface area contributed by atoms with Crippen molar-refractivity contribution in [1.29, 1.82) is 0 Å². The molecule has 1 aromatic rings. The Morgan fingerprint density at radius 2 is 1.69 bits per heavy atom. The molecule has 0 N–H and O–H groups in total. The summed E-state index contributed by atoms with van der Waals surface area (Å²) < 4.78 is 0. The summed E-state index contributed by atoms with van der Waals surface area (Å²) in [4.78, 5) is 4.13. The van der Waals surface area contributed by atoms with E-state index in [9.17, 15) is 0 Å². The minimum absolute atomic E-state index is 0.955. The lowest BCUT2D eigenvalue weighted by Crippen LogP contribution is -2.19. The summed E-state index contributed by atoms with van der Waals surface area (Å²) in [6.45, 7) is 12.8. The highest BCUT2D eigenvalue weighted by Gasteiger charge is 2.18. The zero-order valence-electron chi connectivity index (χ0n) is 10.4. The van der Waals surface area contributed by atoms with Gasteiger partial charge in [0.15, 0.2) is 0 Å². The van der Waals surface area contributed by atoms with E-state index in [0.29, 0.717) is 0 Å². The Morgan fingerprint density at radius 1 is 1.06 bits per heavy atom. The SMILES string of the molecule is CCN1[C]N(c2c(C)cc(C)cc2C)C=C1. The van der Waals surface area contributed by atoms with Crippen LogP contribution in [-0.2, 0) is 0 Å². The predicted molar refractivity (Wildman–Crippen MR) is 67.9 cm³/mol. The van der Waals surface area contributed by atoms with E-state index in [4.69, 9.17) is 0 Å². The van der Waals surface area contributed by atoms with Gasteiger partial charge in [-0.15, -0.1) is 0 Å². The third-order valence-electron chi connectivity index (χ3n) is 2.85. The fourth-order valence-corrected chi connectivity index (χ4v) is 2.21. The molecule has 1 aliphatic rings. The molecule has 1 heterocycles. The first kappa shape index (κ1) is 11.1. The predicted octanol–water partition coefficient (Wildman–Crippen LogP) is 3.22. The van der Waals surface area contributed by atoms with E-state index in [0.717, 1.165) is 6.54 Å². The van der Waals surface area contributed by atoms with Gasteiger partial charge in [-0.05, 0) is 38.8 Å². The molecule has 2 nitrogen and oxygen atoms in total. The molecule has 0 aromatic heterocycles. The minimum Gasteiger partial charge on any atom is -0.346 e. The van der Waals surface area contributed by atoms with E-state index in [2.05, 4.69) is 68.7 Å². The van der Waals surface area contributed by atoms with Gasteiger partial charge in [0.25, 0.3) is 0 Å². The lowest BCUT2D eigenvalue weighted by atomic mass is 10.0. The summed E-state index contributed by atoms with van der Waals surface area (Å²) in [5.74, 6) is 0. The molecule has 16 heavy (non-hydrogen) atoms. The topological polar surface area (TPSA) is 6.48 Å². The van der Waals surface area contributed by atoms with E-state index < -0.39 is 0 Å². The maximum absolute atomic E-state index is 3.31. The molecule has 2 radical (unpaired) electrons. The van der Waals surface area contributed by atoms with Gasteiger partial charge in [-0.3, -0.25) is 0 Å². The zero-order valence-corrected chi connectivity index (χ0v) is 10.4. The lowest BCUT2D eigenvalue weighted by Gasteiger charge is -2.22. The normalized spacial score (nSPS) is 15.0. The molecule has 0 spiro atoms. The molecule has 0 unspecified atom stereocenters. The Kier molecular flexibility index (Phi) is 2.90. The van der Waals surface area contributed by atoms with E-state index in [-0.39, 0.29) is 0 Å². The molecular formula is C14H18N2. The quantitative estimate of drug-likeness (QED) is 0.745. The van der Waals surface area contributed by atoms with Crippen molar-refractivity contribution in [2.45, 2.75) is 27.7 Å². The van der Waals surface area contributed by atoms with Crippen LogP contribution in [0, 0.1) is 27.4 Å². The highest BCUT2D eigenvalue weighted by Crippen LogP contribution is 2.30. The van der Waals surface area contributed by atoms with Gasteiger partial charge in [0.05, 0.1) is 0 Å². The number of benzene rings is 1. The van der Waals surface area contributed by atoms with Gasteiger partial charge in [0, 0.05) is 24.6 Å². The Hall–Kier alpha value is -1.44. The monoisotopic (exact) mass is 214 g/mol. The summed E-state index contributed by atoms with van der Waals surface area (Å²) in [5, 5.41) is 0. The molecular weight excluding hydrogens is 196 g/mol. The Balaban J connectivity index is 2.32. The molecule has 0 fully saturated rings. The van der Waals surface area contributed by atoms with Gasteiger partial charge >= 0.3 is 0 Å². The standard InChI is InChI=1S/C14H18N2/c1-5-15-6-7-16(10-15)14-12(3)8-11(2)9-13(14)4/h6-9H,5H2,1-4H3. The molecule has 2 rings (SSSR count). The lowest BCUT2D eigenvalue weighted by molar-refractivity contribution is 0.495. The first-order valence-electron chi connectivity index (χ1n) is 5.70. The van der Waals surface area contributed by atoms with Gasteiger partial charge in [0.1, 0.15) is 0 Å². The minimum atomic E-state index is 0.955. The molecule has 1 aliphatic heterocycles.